The fraction of sp³-hybridized carbons (Fsp3) is 0.500. The van der Waals surface area contributed by atoms with E-state index in [0.717, 1.165) is 6.42 Å². The van der Waals surface area contributed by atoms with E-state index in [1.807, 2.05) is 20.8 Å². The number of amides is 1. The van der Waals surface area contributed by atoms with Crippen molar-refractivity contribution in [3.63, 3.8) is 0 Å². The summed E-state index contributed by atoms with van der Waals surface area (Å²) in [6, 6.07) is 4.74. The van der Waals surface area contributed by atoms with Gasteiger partial charge in [-0.2, -0.15) is 0 Å². The lowest BCUT2D eigenvalue weighted by atomic mass is 10.1. The summed E-state index contributed by atoms with van der Waals surface area (Å²) in [5.41, 5.74) is 0.806. The lowest BCUT2D eigenvalue weighted by molar-refractivity contribution is -0.130. The molecule has 1 rings (SSSR count). The van der Waals surface area contributed by atoms with Crippen molar-refractivity contribution in [2.45, 2.75) is 33.6 Å². The van der Waals surface area contributed by atoms with Crippen molar-refractivity contribution < 1.29 is 19.4 Å². The van der Waals surface area contributed by atoms with Gasteiger partial charge in [0.05, 0.1) is 18.6 Å². The molecule has 0 spiro atoms. The Balaban J connectivity index is 2.95. The Morgan fingerprint density at radius 2 is 1.90 bits per heavy atom. The van der Waals surface area contributed by atoms with Gasteiger partial charge in [-0.05, 0) is 44.0 Å². The molecule has 0 heterocycles. The van der Waals surface area contributed by atoms with Gasteiger partial charge in [-0.1, -0.05) is 6.92 Å². The van der Waals surface area contributed by atoms with Crippen LogP contribution in [0.1, 0.15) is 43.1 Å². The molecule has 1 aromatic rings. The smallest absolute Gasteiger partial charge is 0.335 e. The van der Waals surface area contributed by atoms with E-state index < -0.39 is 5.97 Å². The van der Waals surface area contributed by atoms with E-state index in [1.54, 1.807) is 11.0 Å². The summed E-state index contributed by atoms with van der Waals surface area (Å²) in [5.74, 6) is -0.533. The number of hydrogen-bond donors (Lipinski definition) is 1. The van der Waals surface area contributed by atoms with Crippen LogP contribution in [0.5, 0.6) is 5.75 Å². The second-order valence-corrected chi connectivity index (χ2v) is 4.75. The van der Waals surface area contributed by atoms with Gasteiger partial charge in [-0.25, -0.2) is 4.79 Å². The highest BCUT2D eigenvalue weighted by Gasteiger charge is 2.14. The van der Waals surface area contributed by atoms with Gasteiger partial charge in [0.2, 0.25) is 5.91 Å². The maximum absolute atomic E-state index is 12.2. The fourth-order valence-corrected chi connectivity index (χ4v) is 2.15. The highest BCUT2D eigenvalue weighted by molar-refractivity contribution is 5.89. The second-order valence-electron chi connectivity index (χ2n) is 4.75. The standard InChI is InChI=1S/C16H23NO4/c1-4-7-17(5-2)15(18)10-12-8-13(16(19)20)11-14(9-12)21-6-3/h8-9,11H,4-7,10H2,1-3H3,(H,19,20). The van der Waals surface area contributed by atoms with Crippen LogP contribution in [0.15, 0.2) is 18.2 Å². The number of benzene rings is 1. The molecule has 21 heavy (non-hydrogen) atoms. The first kappa shape index (κ1) is 17.0. The SMILES string of the molecule is CCCN(CC)C(=O)Cc1cc(OCC)cc(C(=O)O)c1. The van der Waals surface area contributed by atoms with Crippen LogP contribution in [0, 0.1) is 0 Å². The van der Waals surface area contributed by atoms with Gasteiger partial charge in [0.1, 0.15) is 5.75 Å². The van der Waals surface area contributed by atoms with E-state index >= 15 is 0 Å². The van der Waals surface area contributed by atoms with Crippen molar-refractivity contribution in [1.82, 2.24) is 4.90 Å². The molecule has 1 N–H and O–H groups in total. The number of carbonyl (C=O) groups excluding carboxylic acids is 1. The van der Waals surface area contributed by atoms with Gasteiger partial charge in [0.25, 0.3) is 0 Å². The molecular weight excluding hydrogens is 270 g/mol. The van der Waals surface area contributed by atoms with Crippen LogP contribution in [0.2, 0.25) is 0 Å². The summed E-state index contributed by atoms with van der Waals surface area (Å²) in [4.78, 5) is 25.1. The van der Waals surface area contributed by atoms with E-state index in [2.05, 4.69) is 0 Å². The van der Waals surface area contributed by atoms with E-state index in [9.17, 15) is 9.59 Å². The summed E-state index contributed by atoms with van der Waals surface area (Å²) in [6.07, 6.45) is 1.09. The maximum Gasteiger partial charge on any atom is 0.335 e. The fourth-order valence-electron chi connectivity index (χ4n) is 2.15. The molecule has 0 bridgehead atoms. The summed E-state index contributed by atoms with van der Waals surface area (Å²) < 4.78 is 5.36. The number of likely N-dealkylation sites (N-methyl/N-ethyl adjacent to an activating group) is 1. The van der Waals surface area contributed by atoms with Gasteiger partial charge in [0.15, 0.2) is 0 Å². The van der Waals surface area contributed by atoms with Gasteiger partial charge < -0.3 is 14.7 Å². The Hall–Kier alpha value is -2.04. The zero-order valence-electron chi connectivity index (χ0n) is 12.9. The van der Waals surface area contributed by atoms with Crippen molar-refractivity contribution in [3.8, 4) is 5.75 Å². The average Bonchev–Trinajstić information content (AvgIpc) is 2.44. The molecule has 0 fully saturated rings. The van der Waals surface area contributed by atoms with Gasteiger partial charge in [-0.15, -0.1) is 0 Å². The first-order valence-electron chi connectivity index (χ1n) is 7.29. The Morgan fingerprint density at radius 1 is 1.19 bits per heavy atom. The molecule has 0 saturated carbocycles. The maximum atomic E-state index is 12.2. The van der Waals surface area contributed by atoms with Crippen LogP contribution >= 0.6 is 0 Å². The Kier molecular flexibility index (Phi) is 6.72. The quantitative estimate of drug-likeness (QED) is 0.800. The zero-order valence-corrected chi connectivity index (χ0v) is 12.9. The summed E-state index contributed by atoms with van der Waals surface area (Å²) in [7, 11) is 0. The molecule has 5 nitrogen and oxygen atoms in total. The third-order valence-electron chi connectivity index (χ3n) is 3.11. The third-order valence-corrected chi connectivity index (χ3v) is 3.11. The minimum Gasteiger partial charge on any atom is -0.494 e. The van der Waals surface area contributed by atoms with Crippen molar-refractivity contribution in [3.05, 3.63) is 29.3 Å². The average molecular weight is 293 g/mol. The zero-order chi connectivity index (χ0) is 15.8. The second kappa shape index (κ2) is 8.29. The van der Waals surface area contributed by atoms with E-state index in [1.165, 1.54) is 12.1 Å². The first-order chi connectivity index (χ1) is 10.0. The minimum absolute atomic E-state index is 0.00402. The number of carboxylic acid groups (broad SMARTS) is 1. The normalized spacial score (nSPS) is 10.2. The molecular formula is C16H23NO4. The van der Waals surface area contributed by atoms with Crippen molar-refractivity contribution in [1.29, 1.82) is 0 Å². The van der Waals surface area contributed by atoms with Crippen LogP contribution in [0.25, 0.3) is 0 Å². The molecule has 0 radical (unpaired) electrons. The largest absolute Gasteiger partial charge is 0.494 e. The number of nitrogens with zero attached hydrogens (tertiary/aromatic N) is 1. The lowest BCUT2D eigenvalue weighted by Crippen LogP contribution is -2.32. The summed E-state index contributed by atoms with van der Waals surface area (Å²) in [6.45, 7) is 7.61. The minimum atomic E-state index is -1.02. The molecule has 116 valence electrons. The van der Waals surface area contributed by atoms with Gasteiger partial charge in [0, 0.05) is 13.1 Å². The Bertz CT molecular complexity index is 499. The summed E-state index contributed by atoms with van der Waals surface area (Å²) >= 11 is 0. The first-order valence-corrected chi connectivity index (χ1v) is 7.29. The highest BCUT2D eigenvalue weighted by Crippen LogP contribution is 2.19. The number of rotatable bonds is 8. The highest BCUT2D eigenvalue weighted by atomic mass is 16.5. The molecule has 5 heteroatoms. The van der Waals surface area contributed by atoms with Crippen LogP contribution in [-0.2, 0) is 11.2 Å². The van der Waals surface area contributed by atoms with Crippen LogP contribution in [-0.4, -0.2) is 41.6 Å². The molecule has 0 atom stereocenters. The van der Waals surface area contributed by atoms with Crippen LogP contribution in [0.3, 0.4) is 0 Å². The summed E-state index contributed by atoms with van der Waals surface area (Å²) in [5, 5.41) is 9.12. The molecule has 0 unspecified atom stereocenters. The molecule has 1 amide bonds. The number of hydrogen-bond acceptors (Lipinski definition) is 3. The molecule has 0 aliphatic heterocycles. The number of carbonyl (C=O) groups is 2. The van der Waals surface area contributed by atoms with Gasteiger partial charge >= 0.3 is 5.97 Å². The molecule has 0 aromatic heterocycles. The number of ether oxygens (including phenoxy) is 1. The molecule has 1 aromatic carbocycles. The van der Waals surface area contributed by atoms with Crippen LogP contribution < -0.4 is 4.74 Å². The van der Waals surface area contributed by atoms with Crippen LogP contribution in [0.4, 0.5) is 0 Å². The van der Waals surface area contributed by atoms with E-state index in [0.29, 0.717) is 31.0 Å². The Labute approximate surface area is 125 Å². The third kappa shape index (κ3) is 5.10. The topological polar surface area (TPSA) is 66.8 Å². The van der Waals surface area contributed by atoms with Gasteiger partial charge in [-0.3, -0.25) is 4.79 Å². The Morgan fingerprint density at radius 3 is 2.43 bits per heavy atom. The predicted molar refractivity (Wildman–Crippen MR) is 80.8 cm³/mol. The van der Waals surface area contributed by atoms with E-state index in [4.69, 9.17) is 9.84 Å². The molecule has 0 saturated heterocycles. The van der Waals surface area contributed by atoms with E-state index in [-0.39, 0.29) is 17.9 Å². The van der Waals surface area contributed by atoms with Crippen molar-refractivity contribution in [2.75, 3.05) is 19.7 Å². The van der Waals surface area contributed by atoms with Crippen molar-refractivity contribution >= 4 is 11.9 Å². The molecule has 0 aliphatic carbocycles. The number of aromatic carboxylic acids is 1. The lowest BCUT2D eigenvalue weighted by Gasteiger charge is -2.20. The predicted octanol–water partition coefficient (Wildman–Crippen LogP) is 2.58. The molecule has 0 aliphatic rings. The monoisotopic (exact) mass is 293 g/mol. The van der Waals surface area contributed by atoms with Crippen molar-refractivity contribution in [2.24, 2.45) is 0 Å². The number of carboxylic acids is 1.